The van der Waals surface area contributed by atoms with Crippen LogP contribution in [-0.2, 0) is 0 Å². The van der Waals surface area contributed by atoms with Crippen LogP contribution in [0.5, 0.6) is 0 Å². The van der Waals surface area contributed by atoms with E-state index in [0.29, 0.717) is 0 Å². The van der Waals surface area contributed by atoms with Crippen molar-refractivity contribution >= 4 is 33.0 Å². The SMILES string of the molecule is C=C(C)C(=C)/C=C\C(=C/C)c1ccc2c3ccccc3n(-c3ccc(-c4cc(C5=CC=CCC5)nc(-c5ccccc5)n4)cc3)c2c1. The summed E-state index contributed by atoms with van der Waals surface area (Å²) in [7, 11) is 0. The van der Waals surface area contributed by atoms with E-state index >= 15 is 0 Å². The summed E-state index contributed by atoms with van der Waals surface area (Å²) in [6.07, 6.45) is 14.8. The summed E-state index contributed by atoms with van der Waals surface area (Å²) in [4.78, 5) is 10.1. The molecule has 0 fully saturated rings. The van der Waals surface area contributed by atoms with Gasteiger partial charge in [-0.3, -0.25) is 0 Å². The van der Waals surface area contributed by atoms with Gasteiger partial charge in [0.25, 0.3) is 0 Å². The van der Waals surface area contributed by atoms with Crippen molar-refractivity contribution in [2.45, 2.75) is 26.7 Å². The summed E-state index contributed by atoms with van der Waals surface area (Å²) < 4.78 is 2.36. The Labute approximate surface area is 277 Å². The van der Waals surface area contributed by atoms with Crippen LogP contribution in [0.4, 0.5) is 0 Å². The minimum absolute atomic E-state index is 0.744. The van der Waals surface area contributed by atoms with Crippen LogP contribution >= 0.6 is 0 Å². The van der Waals surface area contributed by atoms with Gasteiger partial charge in [-0.2, -0.15) is 0 Å². The van der Waals surface area contributed by atoms with Crippen molar-refractivity contribution in [3.05, 3.63) is 175 Å². The third kappa shape index (κ3) is 5.96. The summed E-state index contributed by atoms with van der Waals surface area (Å²) in [6, 6.07) is 36.5. The molecule has 2 aromatic heterocycles. The number of para-hydroxylation sites is 1. The first kappa shape index (κ1) is 29.9. The second kappa shape index (κ2) is 12.9. The monoisotopic (exact) mass is 607 g/mol. The van der Waals surface area contributed by atoms with Crippen molar-refractivity contribution in [1.82, 2.24) is 14.5 Å². The van der Waals surface area contributed by atoms with Gasteiger partial charge >= 0.3 is 0 Å². The largest absolute Gasteiger partial charge is 0.309 e. The smallest absolute Gasteiger partial charge is 0.160 e. The van der Waals surface area contributed by atoms with Gasteiger partial charge in [-0.05, 0) is 79.3 Å². The molecular formula is C44H37N3. The van der Waals surface area contributed by atoms with Crippen LogP contribution in [0.25, 0.3) is 61.3 Å². The predicted octanol–water partition coefficient (Wildman–Crippen LogP) is 11.7. The molecule has 2 heterocycles. The van der Waals surface area contributed by atoms with Gasteiger partial charge in [-0.25, -0.2) is 9.97 Å². The zero-order valence-electron chi connectivity index (χ0n) is 26.9. The molecule has 0 unspecified atom stereocenters. The lowest BCUT2D eigenvalue weighted by Crippen LogP contribution is -2.00. The molecule has 1 aliphatic carbocycles. The lowest BCUT2D eigenvalue weighted by atomic mass is 10.00. The Hall–Kier alpha value is -5.80. The van der Waals surface area contributed by atoms with Gasteiger partial charge < -0.3 is 4.57 Å². The zero-order valence-corrected chi connectivity index (χ0v) is 26.9. The molecule has 1 aliphatic rings. The fourth-order valence-corrected chi connectivity index (χ4v) is 6.19. The van der Waals surface area contributed by atoms with E-state index < -0.39 is 0 Å². The van der Waals surface area contributed by atoms with Crippen LogP contribution in [0.15, 0.2) is 164 Å². The Morgan fingerprint density at radius 3 is 2.23 bits per heavy atom. The van der Waals surface area contributed by atoms with Gasteiger partial charge in [0.2, 0.25) is 0 Å². The summed E-state index contributed by atoms with van der Waals surface area (Å²) in [5.41, 5.74) is 12.8. The van der Waals surface area contributed by atoms with Crippen LogP contribution < -0.4 is 0 Å². The molecule has 0 amide bonds. The normalized spacial score (nSPS) is 13.4. The molecule has 0 radical (unpaired) electrons. The fraction of sp³-hybridized carbons (Fsp3) is 0.0909. The minimum Gasteiger partial charge on any atom is -0.309 e. The number of rotatable bonds is 8. The molecule has 0 saturated carbocycles. The molecule has 0 aliphatic heterocycles. The van der Waals surface area contributed by atoms with Crippen molar-refractivity contribution in [2.75, 3.05) is 0 Å². The first-order valence-electron chi connectivity index (χ1n) is 16.1. The molecule has 0 saturated heterocycles. The highest BCUT2D eigenvalue weighted by Crippen LogP contribution is 2.35. The lowest BCUT2D eigenvalue weighted by molar-refractivity contribution is 1.03. The molecule has 0 spiro atoms. The highest BCUT2D eigenvalue weighted by atomic mass is 15.0. The number of allylic oxidation sites excluding steroid dienone is 10. The van der Waals surface area contributed by atoms with E-state index in [4.69, 9.17) is 9.97 Å². The van der Waals surface area contributed by atoms with Gasteiger partial charge in [0.1, 0.15) is 0 Å². The average molecular weight is 608 g/mol. The van der Waals surface area contributed by atoms with Crippen LogP contribution in [0.2, 0.25) is 0 Å². The Morgan fingerprint density at radius 1 is 0.745 bits per heavy atom. The molecule has 0 bridgehead atoms. The Kier molecular flexibility index (Phi) is 8.20. The van der Waals surface area contributed by atoms with Crippen molar-refractivity contribution in [3.8, 4) is 28.3 Å². The summed E-state index contributed by atoms with van der Waals surface area (Å²) in [5.74, 6) is 0.744. The van der Waals surface area contributed by atoms with E-state index in [1.807, 2.05) is 31.2 Å². The van der Waals surface area contributed by atoms with Crippen LogP contribution in [0, 0.1) is 0 Å². The van der Waals surface area contributed by atoms with Crippen molar-refractivity contribution in [3.63, 3.8) is 0 Å². The molecule has 6 aromatic rings. The quantitative estimate of drug-likeness (QED) is 0.161. The van der Waals surface area contributed by atoms with E-state index in [1.165, 1.54) is 21.9 Å². The second-order valence-corrected chi connectivity index (χ2v) is 12.0. The molecule has 3 nitrogen and oxygen atoms in total. The Morgan fingerprint density at radius 2 is 1.49 bits per heavy atom. The number of hydrogen-bond donors (Lipinski definition) is 0. The van der Waals surface area contributed by atoms with E-state index in [-0.39, 0.29) is 0 Å². The summed E-state index contributed by atoms with van der Waals surface area (Å²) >= 11 is 0. The maximum atomic E-state index is 5.05. The molecule has 3 heteroatoms. The maximum absolute atomic E-state index is 5.05. The van der Waals surface area contributed by atoms with E-state index in [0.717, 1.165) is 74.7 Å². The number of nitrogens with zero attached hydrogens (tertiary/aromatic N) is 3. The molecule has 228 valence electrons. The third-order valence-electron chi connectivity index (χ3n) is 8.85. The Balaban J connectivity index is 1.32. The minimum atomic E-state index is 0.744. The molecule has 47 heavy (non-hydrogen) atoms. The predicted molar refractivity (Wildman–Crippen MR) is 200 cm³/mol. The van der Waals surface area contributed by atoms with Crippen molar-refractivity contribution in [1.29, 1.82) is 0 Å². The molecular weight excluding hydrogens is 571 g/mol. The topological polar surface area (TPSA) is 30.7 Å². The number of hydrogen-bond acceptors (Lipinski definition) is 2. The van der Waals surface area contributed by atoms with E-state index in [2.05, 4.69) is 140 Å². The number of benzene rings is 4. The summed E-state index contributed by atoms with van der Waals surface area (Å²) in [6.45, 7) is 12.2. The van der Waals surface area contributed by atoms with E-state index in [9.17, 15) is 0 Å². The Bertz CT molecular complexity index is 2270. The molecule has 4 aromatic carbocycles. The van der Waals surface area contributed by atoms with Crippen molar-refractivity contribution < 1.29 is 0 Å². The van der Waals surface area contributed by atoms with Gasteiger partial charge in [0.05, 0.1) is 22.4 Å². The first-order chi connectivity index (χ1) is 23.0. The van der Waals surface area contributed by atoms with Crippen molar-refractivity contribution in [2.24, 2.45) is 0 Å². The maximum Gasteiger partial charge on any atom is 0.160 e. The fourth-order valence-electron chi connectivity index (χ4n) is 6.19. The second-order valence-electron chi connectivity index (χ2n) is 12.0. The standard InChI is InChI=1S/C44H37N3/c1-5-32(21-20-31(4)30(2)3)36-24-27-39-38-18-12-13-19-42(38)47(43(39)28-36)37-25-22-34(23-26-37)41-29-40(33-14-8-6-9-15-33)45-44(46-41)35-16-10-7-11-17-35/h5-8,10-14,16-29H,2,4,9,15H2,1,3H3/b21-20-,32-5+. The van der Waals surface area contributed by atoms with Gasteiger partial charge in [0, 0.05) is 27.6 Å². The first-order valence-corrected chi connectivity index (χ1v) is 16.1. The summed E-state index contributed by atoms with van der Waals surface area (Å²) in [5, 5.41) is 2.45. The highest BCUT2D eigenvalue weighted by Gasteiger charge is 2.16. The highest BCUT2D eigenvalue weighted by molar-refractivity contribution is 6.10. The van der Waals surface area contributed by atoms with Gasteiger partial charge in [-0.1, -0.05) is 128 Å². The zero-order chi connectivity index (χ0) is 32.3. The lowest BCUT2D eigenvalue weighted by Gasteiger charge is -2.13. The van der Waals surface area contributed by atoms with Crippen LogP contribution in [0.3, 0.4) is 0 Å². The third-order valence-corrected chi connectivity index (χ3v) is 8.85. The van der Waals surface area contributed by atoms with E-state index in [1.54, 1.807) is 0 Å². The van der Waals surface area contributed by atoms with Gasteiger partial charge in [-0.15, -0.1) is 0 Å². The molecule has 7 rings (SSSR count). The molecule has 0 atom stereocenters. The molecule has 0 N–H and O–H groups in total. The average Bonchev–Trinajstić information content (AvgIpc) is 3.46. The van der Waals surface area contributed by atoms with Gasteiger partial charge in [0.15, 0.2) is 5.82 Å². The van der Waals surface area contributed by atoms with Crippen LogP contribution in [-0.4, -0.2) is 14.5 Å². The van der Waals surface area contributed by atoms with Crippen LogP contribution in [0.1, 0.15) is 37.9 Å². The number of aromatic nitrogens is 3. The number of fused-ring (bicyclic) bond motifs is 3.